The average molecular weight is 193 g/mol. The highest BCUT2D eigenvalue weighted by Crippen LogP contribution is 2.30. The van der Waals surface area contributed by atoms with E-state index in [-0.39, 0.29) is 10.4 Å². The Morgan fingerprint density at radius 3 is 2.54 bits per heavy atom. The second-order valence-electron chi connectivity index (χ2n) is 3.04. The van der Waals surface area contributed by atoms with Crippen LogP contribution in [0.25, 0.3) is 4.91 Å². The zero-order valence-electron chi connectivity index (χ0n) is 7.36. The van der Waals surface area contributed by atoms with Crippen LogP contribution in [0.5, 0.6) is 0 Å². The Kier molecular flexibility index (Phi) is 2.40. The van der Waals surface area contributed by atoms with Crippen LogP contribution in [-0.4, -0.2) is 5.37 Å². The van der Waals surface area contributed by atoms with E-state index in [2.05, 4.69) is 0 Å². The van der Waals surface area contributed by atoms with E-state index < -0.39 is 0 Å². The third-order valence-corrected chi connectivity index (χ3v) is 3.23. The van der Waals surface area contributed by atoms with Crippen molar-refractivity contribution in [2.45, 2.75) is 12.3 Å². The van der Waals surface area contributed by atoms with Gasteiger partial charge in [-0.15, -0.1) is 0 Å². The van der Waals surface area contributed by atoms with Crippen LogP contribution in [0, 0.1) is 5.21 Å². The van der Waals surface area contributed by atoms with Crippen LogP contribution in [-0.2, 0) is 0 Å². The van der Waals surface area contributed by atoms with Gasteiger partial charge in [0.15, 0.2) is 0 Å². The first-order valence-electron chi connectivity index (χ1n) is 4.25. The van der Waals surface area contributed by atoms with Gasteiger partial charge >= 0.3 is 0 Å². The zero-order valence-corrected chi connectivity index (χ0v) is 8.17. The number of hydroxylamine groups is 2. The summed E-state index contributed by atoms with van der Waals surface area (Å²) in [4.78, 5) is 1.10. The molecule has 1 heterocycles. The van der Waals surface area contributed by atoms with E-state index in [1.165, 1.54) is 0 Å². The van der Waals surface area contributed by atoms with E-state index in [4.69, 9.17) is 0 Å². The summed E-state index contributed by atoms with van der Waals surface area (Å²) in [6.07, 6.45) is 1.74. The summed E-state index contributed by atoms with van der Waals surface area (Å²) in [5.74, 6) is 0. The lowest BCUT2D eigenvalue weighted by Crippen LogP contribution is -3.04. The molecule has 2 nitrogen and oxygen atoms in total. The predicted molar refractivity (Wildman–Crippen MR) is 55.8 cm³/mol. The topological polar surface area (TPSA) is 27.5 Å². The van der Waals surface area contributed by atoms with Crippen LogP contribution in [0.15, 0.2) is 36.5 Å². The molecule has 0 saturated carbocycles. The lowest BCUT2D eigenvalue weighted by atomic mass is 10.2. The molecule has 1 aliphatic heterocycles. The summed E-state index contributed by atoms with van der Waals surface area (Å²) in [7, 11) is 0. The maximum absolute atomic E-state index is 11.3. The van der Waals surface area contributed by atoms with Gasteiger partial charge in [-0.05, 0) is 12.5 Å². The van der Waals surface area contributed by atoms with Crippen molar-refractivity contribution in [3.05, 3.63) is 47.3 Å². The summed E-state index contributed by atoms with van der Waals surface area (Å²) in [6.45, 7) is 1.94. The van der Waals surface area contributed by atoms with Crippen LogP contribution in [0.3, 0.4) is 0 Å². The number of quaternary nitrogens is 1. The smallest absolute Gasteiger partial charge is 0.140 e. The van der Waals surface area contributed by atoms with Crippen molar-refractivity contribution in [2.75, 3.05) is 0 Å². The molecular weight excluding hydrogens is 182 g/mol. The average Bonchev–Trinajstić information content (AvgIpc) is 2.49. The van der Waals surface area contributed by atoms with Crippen molar-refractivity contribution in [1.82, 2.24) is 0 Å². The molecular formula is C10H11NOS. The quantitative estimate of drug-likeness (QED) is 0.684. The highest BCUT2D eigenvalue weighted by Gasteiger charge is 2.21. The van der Waals surface area contributed by atoms with Crippen LogP contribution in [0.4, 0.5) is 0 Å². The largest absolute Gasteiger partial charge is 0.628 e. The van der Waals surface area contributed by atoms with Gasteiger partial charge in [0.05, 0.1) is 4.91 Å². The minimum atomic E-state index is 0.0928. The van der Waals surface area contributed by atoms with Crippen LogP contribution in [0.1, 0.15) is 12.5 Å². The third-order valence-electron chi connectivity index (χ3n) is 2.04. The predicted octanol–water partition coefficient (Wildman–Crippen LogP) is 1.46. The second-order valence-corrected chi connectivity index (χ2v) is 4.42. The highest BCUT2D eigenvalue weighted by molar-refractivity contribution is 8.08. The fourth-order valence-electron chi connectivity index (χ4n) is 1.28. The maximum Gasteiger partial charge on any atom is 0.140 e. The number of nitrogens with one attached hydrogen (secondary N) is 1. The minimum Gasteiger partial charge on any atom is -0.628 e. The lowest BCUT2D eigenvalue weighted by molar-refractivity contribution is -0.797. The van der Waals surface area contributed by atoms with Gasteiger partial charge < -0.3 is 10.3 Å². The lowest BCUT2D eigenvalue weighted by Gasteiger charge is -2.16. The van der Waals surface area contributed by atoms with Crippen molar-refractivity contribution in [3.63, 3.8) is 0 Å². The summed E-state index contributed by atoms with van der Waals surface area (Å²) in [6, 6.07) is 10.0. The molecule has 0 amide bonds. The van der Waals surface area contributed by atoms with Crippen molar-refractivity contribution in [1.29, 1.82) is 0 Å². The first-order chi connectivity index (χ1) is 6.27. The Labute approximate surface area is 81.8 Å². The normalized spacial score (nSPS) is 27.4. The van der Waals surface area contributed by atoms with E-state index in [1.807, 2.05) is 37.3 Å². The highest BCUT2D eigenvalue weighted by atomic mass is 32.2. The van der Waals surface area contributed by atoms with Crippen LogP contribution < -0.4 is 5.06 Å². The number of hydrogen-bond acceptors (Lipinski definition) is 2. The molecule has 1 aromatic carbocycles. The van der Waals surface area contributed by atoms with Gasteiger partial charge in [-0.25, -0.2) is 0 Å². The molecule has 0 radical (unpaired) electrons. The van der Waals surface area contributed by atoms with Gasteiger partial charge in [-0.1, -0.05) is 42.1 Å². The Hall–Kier alpha value is -0.770. The fraction of sp³-hybridized carbons (Fsp3) is 0.200. The molecule has 0 fully saturated rings. The van der Waals surface area contributed by atoms with Crippen LogP contribution in [0.2, 0.25) is 0 Å². The van der Waals surface area contributed by atoms with Crippen molar-refractivity contribution >= 4 is 16.7 Å². The molecule has 0 bridgehead atoms. The maximum atomic E-state index is 11.3. The molecule has 0 spiro atoms. The van der Waals surface area contributed by atoms with E-state index >= 15 is 0 Å². The molecule has 68 valence electrons. The monoisotopic (exact) mass is 193 g/mol. The Morgan fingerprint density at radius 1 is 1.31 bits per heavy atom. The van der Waals surface area contributed by atoms with Gasteiger partial charge in [0.2, 0.25) is 0 Å². The summed E-state index contributed by atoms with van der Waals surface area (Å²) in [5, 5.41) is 11.6. The Morgan fingerprint density at radius 2 is 2.00 bits per heavy atom. The van der Waals surface area contributed by atoms with Crippen LogP contribution >= 0.6 is 11.8 Å². The van der Waals surface area contributed by atoms with Crippen molar-refractivity contribution in [2.24, 2.45) is 0 Å². The number of thioether (sulfide) groups is 1. The van der Waals surface area contributed by atoms with Gasteiger partial charge in [-0.2, -0.15) is 0 Å². The summed E-state index contributed by atoms with van der Waals surface area (Å²) >= 11 is 1.64. The van der Waals surface area contributed by atoms with Gasteiger partial charge in [0.1, 0.15) is 11.6 Å². The number of rotatable bonds is 1. The molecule has 2 atom stereocenters. The van der Waals surface area contributed by atoms with E-state index in [0.29, 0.717) is 0 Å². The molecule has 2 rings (SSSR count). The van der Waals surface area contributed by atoms with Crippen molar-refractivity contribution in [3.8, 4) is 0 Å². The van der Waals surface area contributed by atoms with Crippen molar-refractivity contribution < 1.29 is 5.06 Å². The number of benzene rings is 1. The molecule has 0 aromatic heterocycles. The molecule has 0 aliphatic carbocycles. The molecule has 1 N–H and O–H groups in total. The van der Waals surface area contributed by atoms with Gasteiger partial charge in [0.25, 0.3) is 0 Å². The standard InChI is InChI=1S/C10H11NOS/c1-8-11(12)7-10(13-8)9-5-3-2-4-6-9/h2-8,11H,1H3. The SMILES string of the molecule is CC1SC(c2ccccc2)=C[NH+]1[O-]. The number of hydrogen-bond donors (Lipinski definition) is 1. The Bertz CT molecular complexity index is 323. The molecule has 2 unspecified atom stereocenters. The Balaban J connectivity index is 2.25. The van der Waals surface area contributed by atoms with E-state index in [9.17, 15) is 5.21 Å². The summed E-state index contributed by atoms with van der Waals surface area (Å²) in [5.41, 5.74) is 1.14. The van der Waals surface area contributed by atoms with Gasteiger partial charge in [0, 0.05) is 0 Å². The molecule has 3 heteroatoms. The molecule has 1 aliphatic rings. The minimum absolute atomic E-state index is 0.0928. The zero-order chi connectivity index (χ0) is 9.26. The third kappa shape index (κ3) is 1.77. The van der Waals surface area contributed by atoms with Gasteiger partial charge in [-0.3, -0.25) is 0 Å². The first kappa shape index (κ1) is 8.81. The first-order valence-corrected chi connectivity index (χ1v) is 5.13. The summed E-state index contributed by atoms with van der Waals surface area (Å²) < 4.78 is 0. The van der Waals surface area contributed by atoms with E-state index in [0.717, 1.165) is 10.5 Å². The molecule has 0 saturated heterocycles. The van der Waals surface area contributed by atoms with E-state index in [1.54, 1.807) is 18.0 Å². The second kappa shape index (κ2) is 3.54. The molecule has 13 heavy (non-hydrogen) atoms. The molecule has 1 aromatic rings. The fourth-order valence-corrected chi connectivity index (χ4v) is 2.30.